The maximum atomic E-state index is 5.70. The predicted octanol–water partition coefficient (Wildman–Crippen LogP) is 2.27. The zero-order valence-electron chi connectivity index (χ0n) is 10.7. The number of nitrogens with two attached hydrogens (primary N) is 1. The van der Waals surface area contributed by atoms with E-state index in [1.54, 1.807) is 7.11 Å². The van der Waals surface area contributed by atoms with Crippen LogP contribution in [0, 0.1) is 0 Å². The van der Waals surface area contributed by atoms with Gasteiger partial charge in [0, 0.05) is 25.4 Å². The van der Waals surface area contributed by atoms with Crippen LogP contribution in [0.3, 0.4) is 0 Å². The van der Waals surface area contributed by atoms with Gasteiger partial charge in [0.05, 0.1) is 6.10 Å². The van der Waals surface area contributed by atoms with Crippen LogP contribution in [0.25, 0.3) is 0 Å². The maximum absolute atomic E-state index is 5.70. The number of hydrogen-bond donors (Lipinski definition) is 1. The summed E-state index contributed by atoms with van der Waals surface area (Å²) in [6, 6.07) is 8.72. The lowest BCUT2D eigenvalue weighted by atomic mass is 10.1. The Morgan fingerprint density at radius 2 is 2.12 bits per heavy atom. The molecule has 0 aromatic heterocycles. The first-order chi connectivity index (χ1) is 8.20. The maximum Gasteiger partial charge on any atom is 0.0698 e. The van der Waals surface area contributed by atoms with Gasteiger partial charge in [-0.2, -0.15) is 0 Å². The average molecular weight is 234 g/mol. The van der Waals surface area contributed by atoms with Gasteiger partial charge in [-0.05, 0) is 44.0 Å². The molecule has 0 radical (unpaired) electrons. The van der Waals surface area contributed by atoms with Crippen molar-refractivity contribution in [3.8, 4) is 0 Å². The quantitative estimate of drug-likeness (QED) is 0.812. The zero-order chi connectivity index (χ0) is 12.3. The highest BCUT2D eigenvalue weighted by Crippen LogP contribution is 2.23. The number of anilines is 1. The summed E-state index contributed by atoms with van der Waals surface area (Å²) in [6.07, 6.45) is 2.82. The van der Waals surface area contributed by atoms with Crippen LogP contribution in [0.2, 0.25) is 0 Å². The van der Waals surface area contributed by atoms with Crippen molar-refractivity contribution in [2.45, 2.75) is 38.5 Å². The van der Waals surface area contributed by atoms with Gasteiger partial charge in [-0.25, -0.2) is 0 Å². The SMILES string of the molecule is CO[C@H](C)[C@@H]1CCCN1Cc1ccc(N)cc1. The van der Waals surface area contributed by atoms with Gasteiger partial charge in [0.15, 0.2) is 0 Å². The smallest absolute Gasteiger partial charge is 0.0698 e. The Hall–Kier alpha value is -1.06. The van der Waals surface area contributed by atoms with E-state index in [-0.39, 0.29) is 0 Å². The van der Waals surface area contributed by atoms with Crippen molar-refractivity contribution in [1.29, 1.82) is 0 Å². The fourth-order valence-electron chi connectivity index (χ4n) is 2.59. The van der Waals surface area contributed by atoms with Crippen LogP contribution >= 0.6 is 0 Å². The van der Waals surface area contributed by atoms with Crippen LogP contribution in [0.4, 0.5) is 5.69 Å². The lowest BCUT2D eigenvalue weighted by Gasteiger charge is -2.28. The number of nitrogens with zero attached hydrogens (tertiary/aromatic N) is 1. The molecule has 1 aliphatic heterocycles. The van der Waals surface area contributed by atoms with Crippen molar-refractivity contribution < 1.29 is 4.74 Å². The largest absolute Gasteiger partial charge is 0.399 e. The van der Waals surface area contributed by atoms with Crippen LogP contribution < -0.4 is 5.73 Å². The summed E-state index contributed by atoms with van der Waals surface area (Å²) in [4.78, 5) is 2.51. The van der Waals surface area contributed by atoms with E-state index in [1.807, 2.05) is 12.1 Å². The van der Waals surface area contributed by atoms with E-state index in [1.165, 1.54) is 24.9 Å². The van der Waals surface area contributed by atoms with Gasteiger partial charge in [0.1, 0.15) is 0 Å². The molecule has 0 spiro atoms. The minimum Gasteiger partial charge on any atom is -0.399 e. The number of rotatable bonds is 4. The van der Waals surface area contributed by atoms with Gasteiger partial charge in [0.2, 0.25) is 0 Å². The van der Waals surface area contributed by atoms with Crippen LogP contribution in [0.5, 0.6) is 0 Å². The van der Waals surface area contributed by atoms with Gasteiger partial charge in [-0.1, -0.05) is 12.1 Å². The van der Waals surface area contributed by atoms with Gasteiger partial charge in [-0.3, -0.25) is 4.90 Å². The van der Waals surface area contributed by atoms with Crippen molar-refractivity contribution in [3.05, 3.63) is 29.8 Å². The van der Waals surface area contributed by atoms with E-state index in [9.17, 15) is 0 Å². The van der Waals surface area contributed by atoms with Crippen LogP contribution in [-0.2, 0) is 11.3 Å². The molecular weight excluding hydrogens is 212 g/mol. The van der Waals surface area contributed by atoms with E-state index < -0.39 is 0 Å². The predicted molar refractivity (Wildman–Crippen MR) is 70.8 cm³/mol. The van der Waals surface area contributed by atoms with Crippen molar-refractivity contribution in [2.24, 2.45) is 0 Å². The molecule has 0 bridgehead atoms. The van der Waals surface area contributed by atoms with E-state index in [2.05, 4.69) is 24.0 Å². The van der Waals surface area contributed by atoms with Crippen molar-refractivity contribution in [1.82, 2.24) is 4.90 Å². The zero-order valence-corrected chi connectivity index (χ0v) is 10.7. The van der Waals surface area contributed by atoms with Crippen LogP contribution in [-0.4, -0.2) is 30.7 Å². The minimum atomic E-state index is 0.311. The Balaban J connectivity index is 2.00. The molecule has 3 heteroatoms. The molecule has 1 heterocycles. The molecule has 3 nitrogen and oxygen atoms in total. The Morgan fingerprint density at radius 3 is 2.76 bits per heavy atom. The first kappa shape index (κ1) is 12.4. The second kappa shape index (κ2) is 5.52. The summed E-state index contributed by atoms with van der Waals surface area (Å²) in [7, 11) is 1.80. The second-order valence-electron chi connectivity index (χ2n) is 4.86. The molecule has 0 aliphatic carbocycles. The fourth-order valence-corrected chi connectivity index (χ4v) is 2.59. The fraction of sp³-hybridized carbons (Fsp3) is 0.571. The third kappa shape index (κ3) is 2.99. The van der Waals surface area contributed by atoms with Crippen LogP contribution in [0.15, 0.2) is 24.3 Å². The first-order valence-electron chi connectivity index (χ1n) is 6.32. The molecule has 1 aliphatic rings. The second-order valence-corrected chi connectivity index (χ2v) is 4.86. The Kier molecular flexibility index (Phi) is 4.02. The lowest BCUT2D eigenvalue weighted by Crippen LogP contribution is -2.37. The lowest BCUT2D eigenvalue weighted by molar-refractivity contribution is 0.0411. The molecule has 1 fully saturated rings. The highest BCUT2D eigenvalue weighted by molar-refractivity contribution is 5.39. The molecule has 0 amide bonds. The number of methoxy groups -OCH3 is 1. The third-order valence-corrected chi connectivity index (χ3v) is 3.69. The molecule has 0 saturated carbocycles. The molecule has 1 aromatic rings. The number of hydrogen-bond acceptors (Lipinski definition) is 3. The van der Waals surface area contributed by atoms with E-state index in [0.717, 1.165) is 12.2 Å². The van der Waals surface area contributed by atoms with Crippen molar-refractivity contribution in [2.75, 3.05) is 19.4 Å². The number of likely N-dealkylation sites (tertiary alicyclic amines) is 1. The molecule has 94 valence electrons. The summed E-state index contributed by atoms with van der Waals surface area (Å²) in [6.45, 7) is 4.33. The number of ether oxygens (including phenoxy) is 1. The van der Waals surface area contributed by atoms with E-state index >= 15 is 0 Å². The molecule has 1 saturated heterocycles. The Morgan fingerprint density at radius 1 is 1.41 bits per heavy atom. The Bertz CT molecular complexity index is 350. The third-order valence-electron chi connectivity index (χ3n) is 3.69. The molecule has 1 aromatic carbocycles. The first-order valence-corrected chi connectivity index (χ1v) is 6.32. The van der Waals surface area contributed by atoms with Gasteiger partial charge < -0.3 is 10.5 Å². The van der Waals surface area contributed by atoms with Crippen molar-refractivity contribution in [3.63, 3.8) is 0 Å². The van der Waals surface area contributed by atoms with Gasteiger partial charge in [-0.15, -0.1) is 0 Å². The molecular formula is C14H22N2O. The highest BCUT2D eigenvalue weighted by Gasteiger charge is 2.28. The summed E-state index contributed by atoms with van der Waals surface area (Å²) < 4.78 is 5.46. The summed E-state index contributed by atoms with van der Waals surface area (Å²) >= 11 is 0. The number of benzene rings is 1. The van der Waals surface area contributed by atoms with E-state index in [0.29, 0.717) is 12.1 Å². The summed E-state index contributed by atoms with van der Waals surface area (Å²) in [5, 5.41) is 0. The molecule has 2 N–H and O–H groups in total. The number of nitrogen functional groups attached to an aromatic ring is 1. The standard InChI is InChI=1S/C14H22N2O/c1-11(17-2)14-4-3-9-16(14)10-12-5-7-13(15)8-6-12/h5-8,11,14H,3-4,9-10,15H2,1-2H3/t11-,14+/m1/s1. The Labute approximate surface area is 104 Å². The molecule has 2 atom stereocenters. The minimum absolute atomic E-state index is 0.311. The van der Waals surface area contributed by atoms with Crippen LogP contribution in [0.1, 0.15) is 25.3 Å². The van der Waals surface area contributed by atoms with E-state index in [4.69, 9.17) is 10.5 Å². The monoisotopic (exact) mass is 234 g/mol. The normalized spacial score (nSPS) is 22.8. The van der Waals surface area contributed by atoms with Crippen molar-refractivity contribution >= 4 is 5.69 Å². The summed E-state index contributed by atoms with van der Waals surface area (Å²) in [5.74, 6) is 0. The topological polar surface area (TPSA) is 38.5 Å². The van der Waals surface area contributed by atoms with Gasteiger partial charge in [0.25, 0.3) is 0 Å². The molecule has 2 rings (SSSR count). The highest BCUT2D eigenvalue weighted by atomic mass is 16.5. The average Bonchev–Trinajstić information content (AvgIpc) is 2.79. The summed E-state index contributed by atoms with van der Waals surface area (Å²) in [5.41, 5.74) is 7.86. The molecule has 17 heavy (non-hydrogen) atoms. The van der Waals surface area contributed by atoms with Gasteiger partial charge >= 0.3 is 0 Å². The molecule has 0 unspecified atom stereocenters.